The largest absolute Gasteiger partial charge is 0.444 e. The molecule has 36 heavy (non-hydrogen) atoms. The predicted molar refractivity (Wildman–Crippen MR) is 142 cm³/mol. The SMILES string of the molecule is Cc1ccc2cc(/C=N/NC(=O)C(Cc3c[nH]c4ccccc34)NC(=O)OC(C)(C)C)c(Cl)nc2c1. The van der Waals surface area contributed by atoms with E-state index in [1.54, 1.807) is 20.8 Å². The Morgan fingerprint density at radius 2 is 1.97 bits per heavy atom. The number of rotatable bonds is 6. The number of H-pyrrole nitrogens is 1. The van der Waals surface area contributed by atoms with E-state index < -0.39 is 23.6 Å². The van der Waals surface area contributed by atoms with Gasteiger partial charge >= 0.3 is 6.09 Å². The first-order chi connectivity index (χ1) is 17.1. The minimum Gasteiger partial charge on any atom is -0.444 e. The van der Waals surface area contributed by atoms with Crippen LogP contribution in [0.5, 0.6) is 0 Å². The van der Waals surface area contributed by atoms with Gasteiger partial charge in [-0.1, -0.05) is 41.9 Å². The zero-order valence-corrected chi connectivity index (χ0v) is 21.3. The number of aryl methyl sites for hydroxylation is 1. The van der Waals surface area contributed by atoms with Crippen molar-refractivity contribution in [3.05, 3.63) is 76.6 Å². The quantitative estimate of drug-likeness (QED) is 0.188. The number of hydrogen-bond donors (Lipinski definition) is 3. The number of hydrazone groups is 1. The molecule has 0 fully saturated rings. The summed E-state index contributed by atoms with van der Waals surface area (Å²) in [4.78, 5) is 33.1. The molecule has 0 aliphatic carbocycles. The van der Waals surface area contributed by atoms with Crippen LogP contribution in [-0.4, -0.2) is 39.8 Å². The van der Waals surface area contributed by atoms with Crippen LogP contribution in [0.4, 0.5) is 4.79 Å². The molecule has 4 aromatic rings. The van der Waals surface area contributed by atoms with Crippen LogP contribution in [-0.2, 0) is 16.0 Å². The van der Waals surface area contributed by atoms with E-state index in [1.807, 2.05) is 61.7 Å². The van der Waals surface area contributed by atoms with Crippen LogP contribution in [0.3, 0.4) is 0 Å². The Kier molecular flexibility index (Phi) is 7.26. The smallest absolute Gasteiger partial charge is 0.408 e. The Bertz CT molecular complexity index is 1460. The van der Waals surface area contributed by atoms with Gasteiger partial charge < -0.3 is 15.0 Å². The molecular formula is C27H28ClN5O3. The van der Waals surface area contributed by atoms with E-state index in [1.165, 1.54) is 6.21 Å². The minimum absolute atomic E-state index is 0.238. The maximum Gasteiger partial charge on any atom is 0.408 e. The third-order valence-corrected chi connectivity index (χ3v) is 5.74. The highest BCUT2D eigenvalue weighted by molar-refractivity contribution is 6.32. The fourth-order valence-corrected chi connectivity index (χ4v) is 3.98. The highest BCUT2D eigenvalue weighted by Crippen LogP contribution is 2.21. The standard InChI is InChI=1S/C27H28ClN5O3/c1-16-9-10-17-12-19(24(28)31-22(17)11-16)15-30-33-25(34)23(32-26(35)36-27(2,3)4)13-18-14-29-21-8-6-5-7-20(18)21/h5-12,14-15,23,29H,13H2,1-4H3,(H,32,35)(H,33,34)/b30-15+. The van der Waals surface area contributed by atoms with Crippen molar-refractivity contribution < 1.29 is 14.3 Å². The zero-order valence-electron chi connectivity index (χ0n) is 20.6. The number of amides is 2. The van der Waals surface area contributed by atoms with Crippen LogP contribution in [0.1, 0.15) is 37.5 Å². The second kappa shape index (κ2) is 10.4. The fourth-order valence-electron chi connectivity index (χ4n) is 3.78. The molecule has 0 radical (unpaired) electrons. The number of carbonyl (C=O) groups is 2. The van der Waals surface area contributed by atoms with Gasteiger partial charge in [0.05, 0.1) is 11.7 Å². The molecule has 2 amide bonds. The number of fused-ring (bicyclic) bond motifs is 2. The van der Waals surface area contributed by atoms with Crippen LogP contribution >= 0.6 is 11.6 Å². The van der Waals surface area contributed by atoms with E-state index >= 15 is 0 Å². The second-order valence-corrected chi connectivity index (χ2v) is 9.92. The molecule has 186 valence electrons. The molecule has 0 saturated carbocycles. The molecule has 2 aromatic carbocycles. The molecule has 2 heterocycles. The molecule has 0 saturated heterocycles. The number of halogens is 1. The van der Waals surface area contributed by atoms with Crippen molar-refractivity contribution in [1.29, 1.82) is 0 Å². The number of nitrogens with zero attached hydrogens (tertiary/aromatic N) is 2. The maximum absolute atomic E-state index is 13.1. The Balaban J connectivity index is 1.52. The van der Waals surface area contributed by atoms with Crippen LogP contribution in [0.15, 0.2) is 59.8 Å². The van der Waals surface area contributed by atoms with Crippen molar-refractivity contribution in [3.63, 3.8) is 0 Å². The summed E-state index contributed by atoms with van der Waals surface area (Å²) in [6, 6.07) is 14.6. The summed E-state index contributed by atoms with van der Waals surface area (Å²) in [7, 11) is 0. The lowest BCUT2D eigenvalue weighted by Gasteiger charge is -2.22. The minimum atomic E-state index is -0.926. The van der Waals surface area contributed by atoms with E-state index in [4.69, 9.17) is 16.3 Å². The third-order valence-electron chi connectivity index (χ3n) is 5.44. The molecule has 0 spiro atoms. The number of carbonyl (C=O) groups excluding carboxylic acids is 2. The Morgan fingerprint density at radius 3 is 2.75 bits per heavy atom. The fraction of sp³-hybridized carbons (Fsp3) is 0.259. The lowest BCUT2D eigenvalue weighted by Crippen LogP contribution is -2.48. The molecule has 3 N–H and O–H groups in total. The van der Waals surface area contributed by atoms with Crippen LogP contribution in [0.2, 0.25) is 5.15 Å². The summed E-state index contributed by atoms with van der Waals surface area (Å²) in [6.07, 6.45) is 2.81. The van der Waals surface area contributed by atoms with Gasteiger partial charge in [0, 0.05) is 34.5 Å². The number of aromatic amines is 1. The Hall–Kier alpha value is -3.91. The number of alkyl carbamates (subject to hydrolysis) is 1. The van der Waals surface area contributed by atoms with Crippen molar-refractivity contribution >= 4 is 51.6 Å². The summed E-state index contributed by atoms with van der Waals surface area (Å²) in [5.41, 5.74) is 6.04. The first kappa shape index (κ1) is 25.2. The number of hydrogen-bond acceptors (Lipinski definition) is 5. The highest BCUT2D eigenvalue weighted by atomic mass is 35.5. The van der Waals surface area contributed by atoms with Crippen LogP contribution < -0.4 is 10.7 Å². The second-order valence-electron chi connectivity index (χ2n) is 9.56. The average Bonchev–Trinajstić information content (AvgIpc) is 3.20. The number of aromatic nitrogens is 2. The van der Waals surface area contributed by atoms with Gasteiger partial charge in [-0.05, 0) is 57.0 Å². The van der Waals surface area contributed by atoms with Gasteiger partial charge in [0.15, 0.2) is 0 Å². The van der Waals surface area contributed by atoms with Crippen molar-refractivity contribution in [2.24, 2.45) is 5.10 Å². The van der Waals surface area contributed by atoms with E-state index in [9.17, 15) is 9.59 Å². The monoisotopic (exact) mass is 505 g/mol. The molecule has 0 aliphatic rings. The third kappa shape index (κ3) is 6.20. The summed E-state index contributed by atoms with van der Waals surface area (Å²) in [5, 5.41) is 8.88. The molecule has 1 atom stereocenters. The average molecular weight is 506 g/mol. The summed E-state index contributed by atoms with van der Waals surface area (Å²) in [6.45, 7) is 7.26. The predicted octanol–water partition coefficient (Wildman–Crippen LogP) is 5.26. The van der Waals surface area contributed by atoms with E-state index in [-0.39, 0.29) is 11.6 Å². The molecule has 2 aromatic heterocycles. The van der Waals surface area contributed by atoms with E-state index in [0.717, 1.165) is 32.9 Å². The van der Waals surface area contributed by atoms with Gasteiger partial charge in [-0.15, -0.1) is 0 Å². The molecule has 8 nitrogen and oxygen atoms in total. The number of pyridine rings is 1. The highest BCUT2D eigenvalue weighted by Gasteiger charge is 2.25. The van der Waals surface area contributed by atoms with E-state index in [0.29, 0.717) is 5.56 Å². The van der Waals surface area contributed by atoms with Gasteiger partial charge in [0.25, 0.3) is 5.91 Å². The Labute approximate surface area is 214 Å². The van der Waals surface area contributed by atoms with E-state index in [2.05, 4.69) is 25.8 Å². The van der Waals surface area contributed by atoms with Crippen LogP contribution in [0.25, 0.3) is 21.8 Å². The molecule has 9 heteroatoms. The van der Waals surface area contributed by atoms with Gasteiger partial charge in [-0.2, -0.15) is 5.10 Å². The van der Waals surface area contributed by atoms with Gasteiger partial charge in [-0.25, -0.2) is 15.2 Å². The van der Waals surface area contributed by atoms with Gasteiger partial charge in [-0.3, -0.25) is 4.79 Å². The molecule has 1 unspecified atom stereocenters. The van der Waals surface area contributed by atoms with Crippen molar-refractivity contribution in [2.45, 2.75) is 45.8 Å². The van der Waals surface area contributed by atoms with Crippen molar-refractivity contribution in [1.82, 2.24) is 20.7 Å². The topological polar surface area (TPSA) is 108 Å². The van der Waals surface area contributed by atoms with Crippen molar-refractivity contribution in [2.75, 3.05) is 0 Å². The first-order valence-electron chi connectivity index (χ1n) is 11.5. The van der Waals surface area contributed by atoms with Gasteiger partial charge in [0.2, 0.25) is 0 Å². The number of nitrogens with one attached hydrogen (secondary N) is 3. The Morgan fingerprint density at radius 1 is 1.19 bits per heavy atom. The molecule has 0 aliphatic heterocycles. The van der Waals surface area contributed by atoms with Gasteiger partial charge in [0.1, 0.15) is 16.8 Å². The summed E-state index contributed by atoms with van der Waals surface area (Å²) >= 11 is 6.32. The first-order valence-corrected chi connectivity index (χ1v) is 11.9. The lowest BCUT2D eigenvalue weighted by molar-refractivity contribution is -0.123. The summed E-state index contributed by atoms with van der Waals surface area (Å²) < 4.78 is 5.36. The number of benzene rings is 2. The normalized spacial score (nSPS) is 12.7. The lowest BCUT2D eigenvalue weighted by atomic mass is 10.0. The summed E-state index contributed by atoms with van der Waals surface area (Å²) in [5.74, 6) is -0.497. The number of ether oxygens (including phenoxy) is 1. The molecule has 4 rings (SSSR count). The molecular weight excluding hydrogens is 478 g/mol. The molecule has 0 bridgehead atoms. The van der Waals surface area contributed by atoms with Crippen LogP contribution in [0, 0.1) is 6.92 Å². The van der Waals surface area contributed by atoms with Crippen molar-refractivity contribution in [3.8, 4) is 0 Å². The zero-order chi connectivity index (χ0) is 25.9. The maximum atomic E-state index is 13.1. The number of para-hydroxylation sites is 1.